The van der Waals surface area contributed by atoms with Crippen molar-refractivity contribution in [1.82, 2.24) is 5.32 Å². The van der Waals surface area contributed by atoms with Crippen LogP contribution in [0.1, 0.15) is 12.8 Å². The summed E-state index contributed by atoms with van der Waals surface area (Å²) >= 11 is 0. The molecule has 2 N–H and O–H groups in total. The molecule has 10 heavy (non-hydrogen) atoms. The average molecular weight is 145 g/mol. The molecule has 1 aliphatic heterocycles. The van der Waals surface area contributed by atoms with Crippen LogP contribution in [0.2, 0.25) is 0 Å². The van der Waals surface area contributed by atoms with Crippen LogP contribution in [-0.2, 0) is 4.74 Å². The summed E-state index contributed by atoms with van der Waals surface area (Å²) in [6, 6.07) is 0. The summed E-state index contributed by atoms with van der Waals surface area (Å²) in [7, 11) is 0. The van der Waals surface area contributed by atoms with Crippen molar-refractivity contribution in [2.75, 3.05) is 26.3 Å². The molecule has 1 aliphatic rings. The summed E-state index contributed by atoms with van der Waals surface area (Å²) in [5.41, 5.74) is 0. The van der Waals surface area contributed by atoms with Gasteiger partial charge in [-0.05, 0) is 19.4 Å². The monoisotopic (exact) mass is 145 g/mol. The standard InChI is InChI=1S/C7H15NO2/c9-4-1-5-10-7-2-3-8-6-7/h7-9H,1-6H2/t7-/m1/s1. The second-order valence-electron chi connectivity index (χ2n) is 2.56. The van der Waals surface area contributed by atoms with Gasteiger partial charge in [0.2, 0.25) is 0 Å². The fourth-order valence-corrected chi connectivity index (χ4v) is 1.08. The SMILES string of the molecule is OCCCO[C@@H]1CCNC1. The lowest BCUT2D eigenvalue weighted by Crippen LogP contribution is -2.17. The fourth-order valence-electron chi connectivity index (χ4n) is 1.08. The molecule has 0 radical (unpaired) electrons. The first-order valence-electron chi connectivity index (χ1n) is 3.86. The van der Waals surface area contributed by atoms with Crippen molar-refractivity contribution in [1.29, 1.82) is 0 Å². The molecule has 0 bridgehead atoms. The Kier molecular flexibility index (Phi) is 3.72. The number of nitrogens with one attached hydrogen (secondary N) is 1. The van der Waals surface area contributed by atoms with Gasteiger partial charge >= 0.3 is 0 Å². The fraction of sp³-hybridized carbons (Fsp3) is 1.00. The topological polar surface area (TPSA) is 41.5 Å². The highest BCUT2D eigenvalue weighted by atomic mass is 16.5. The molecule has 0 aromatic carbocycles. The lowest BCUT2D eigenvalue weighted by atomic mass is 10.3. The summed E-state index contributed by atoms with van der Waals surface area (Å²) < 4.78 is 5.42. The number of rotatable bonds is 4. The van der Waals surface area contributed by atoms with E-state index in [4.69, 9.17) is 9.84 Å². The lowest BCUT2D eigenvalue weighted by molar-refractivity contribution is 0.0568. The zero-order valence-electron chi connectivity index (χ0n) is 6.18. The molecular weight excluding hydrogens is 130 g/mol. The molecule has 0 unspecified atom stereocenters. The number of aliphatic hydroxyl groups is 1. The number of aliphatic hydroxyl groups excluding tert-OH is 1. The Balaban J connectivity index is 1.91. The van der Waals surface area contributed by atoms with Crippen molar-refractivity contribution < 1.29 is 9.84 Å². The highest BCUT2D eigenvalue weighted by molar-refractivity contribution is 4.70. The molecular formula is C7H15NO2. The zero-order valence-corrected chi connectivity index (χ0v) is 6.18. The first kappa shape index (κ1) is 7.98. The minimum absolute atomic E-state index is 0.236. The van der Waals surface area contributed by atoms with Crippen LogP contribution in [0.4, 0.5) is 0 Å². The second-order valence-corrected chi connectivity index (χ2v) is 2.56. The summed E-state index contributed by atoms with van der Waals surface area (Å²) in [6.45, 7) is 2.98. The van der Waals surface area contributed by atoms with Crippen molar-refractivity contribution in [3.63, 3.8) is 0 Å². The molecule has 1 fully saturated rings. The third-order valence-corrected chi connectivity index (χ3v) is 1.67. The van der Waals surface area contributed by atoms with Gasteiger partial charge in [-0.1, -0.05) is 0 Å². The van der Waals surface area contributed by atoms with Crippen LogP contribution in [0.3, 0.4) is 0 Å². The predicted octanol–water partition coefficient (Wildman–Crippen LogP) is -0.253. The Morgan fingerprint density at radius 3 is 3.10 bits per heavy atom. The van der Waals surface area contributed by atoms with E-state index in [0.717, 1.165) is 25.9 Å². The predicted molar refractivity (Wildman–Crippen MR) is 38.9 cm³/mol. The van der Waals surface area contributed by atoms with E-state index in [1.54, 1.807) is 0 Å². The van der Waals surface area contributed by atoms with E-state index in [1.807, 2.05) is 0 Å². The van der Waals surface area contributed by atoms with Gasteiger partial charge in [-0.3, -0.25) is 0 Å². The molecule has 1 saturated heterocycles. The van der Waals surface area contributed by atoms with Gasteiger partial charge in [-0.25, -0.2) is 0 Å². The van der Waals surface area contributed by atoms with E-state index < -0.39 is 0 Å². The van der Waals surface area contributed by atoms with Crippen LogP contribution in [0.5, 0.6) is 0 Å². The van der Waals surface area contributed by atoms with Gasteiger partial charge in [0.05, 0.1) is 6.10 Å². The van der Waals surface area contributed by atoms with Crippen molar-refractivity contribution in [2.24, 2.45) is 0 Å². The third kappa shape index (κ3) is 2.64. The van der Waals surface area contributed by atoms with Crippen molar-refractivity contribution in [2.45, 2.75) is 18.9 Å². The Hall–Kier alpha value is -0.120. The molecule has 1 rings (SSSR count). The van der Waals surface area contributed by atoms with Crippen molar-refractivity contribution in [3.8, 4) is 0 Å². The van der Waals surface area contributed by atoms with Gasteiger partial charge in [0.15, 0.2) is 0 Å². The molecule has 60 valence electrons. The van der Waals surface area contributed by atoms with Crippen LogP contribution in [0, 0.1) is 0 Å². The molecule has 3 heteroatoms. The van der Waals surface area contributed by atoms with Gasteiger partial charge in [0, 0.05) is 19.8 Å². The molecule has 0 spiro atoms. The zero-order chi connectivity index (χ0) is 7.23. The minimum atomic E-state index is 0.236. The van der Waals surface area contributed by atoms with Gasteiger partial charge < -0.3 is 15.2 Å². The molecule has 0 aromatic heterocycles. The molecule has 3 nitrogen and oxygen atoms in total. The number of hydrogen-bond acceptors (Lipinski definition) is 3. The largest absolute Gasteiger partial charge is 0.396 e. The van der Waals surface area contributed by atoms with Crippen molar-refractivity contribution >= 4 is 0 Å². The maximum Gasteiger partial charge on any atom is 0.0711 e. The molecule has 1 heterocycles. The Labute approximate surface area is 61.4 Å². The van der Waals surface area contributed by atoms with Gasteiger partial charge in [-0.2, -0.15) is 0 Å². The summed E-state index contributed by atoms with van der Waals surface area (Å²) in [4.78, 5) is 0. The molecule has 0 aromatic rings. The second kappa shape index (κ2) is 4.66. The van der Waals surface area contributed by atoms with E-state index in [0.29, 0.717) is 12.7 Å². The lowest BCUT2D eigenvalue weighted by Gasteiger charge is -2.08. The van der Waals surface area contributed by atoms with E-state index in [2.05, 4.69) is 5.32 Å². The van der Waals surface area contributed by atoms with E-state index >= 15 is 0 Å². The summed E-state index contributed by atoms with van der Waals surface area (Å²) in [5.74, 6) is 0. The summed E-state index contributed by atoms with van der Waals surface area (Å²) in [5, 5.41) is 11.7. The molecule has 0 amide bonds. The van der Waals surface area contributed by atoms with Crippen LogP contribution < -0.4 is 5.32 Å². The first-order valence-corrected chi connectivity index (χ1v) is 3.86. The maximum absolute atomic E-state index is 8.44. The number of hydrogen-bond donors (Lipinski definition) is 2. The van der Waals surface area contributed by atoms with Crippen LogP contribution in [0.15, 0.2) is 0 Å². The van der Waals surface area contributed by atoms with E-state index in [9.17, 15) is 0 Å². The van der Waals surface area contributed by atoms with E-state index in [-0.39, 0.29) is 6.61 Å². The van der Waals surface area contributed by atoms with E-state index in [1.165, 1.54) is 0 Å². The van der Waals surface area contributed by atoms with Gasteiger partial charge in [0.25, 0.3) is 0 Å². The van der Waals surface area contributed by atoms with Gasteiger partial charge in [0.1, 0.15) is 0 Å². The molecule has 1 atom stereocenters. The maximum atomic E-state index is 8.44. The number of ether oxygens (including phenoxy) is 1. The summed E-state index contributed by atoms with van der Waals surface area (Å²) in [6.07, 6.45) is 2.27. The third-order valence-electron chi connectivity index (χ3n) is 1.67. The quantitative estimate of drug-likeness (QED) is 0.536. The Bertz CT molecular complexity index is 81.7. The smallest absolute Gasteiger partial charge is 0.0711 e. The van der Waals surface area contributed by atoms with Gasteiger partial charge in [-0.15, -0.1) is 0 Å². The molecule has 0 aliphatic carbocycles. The highest BCUT2D eigenvalue weighted by Crippen LogP contribution is 2.02. The minimum Gasteiger partial charge on any atom is -0.396 e. The normalized spacial score (nSPS) is 25.5. The van der Waals surface area contributed by atoms with Crippen LogP contribution in [-0.4, -0.2) is 37.5 Å². The average Bonchev–Trinajstić information content (AvgIpc) is 2.41. The van der Waals surface area contributed by atoms with Crippen LogP contribution >= 0.6 is 0 Å². The van der Waals surface area contributed by atoms with Crippen LogP contribution in [0.25, 0.3) is 0 Å². The first-order chi connectivity index (χ1) is 4.93. The highest BCUT2D eigenvalue weighted by Gasteiger charge is 2.13. The Morgan fingerprint density at radius 2 is 2.50 bits per heavy atom. The Morgan fingerprint density at radius 1 is 1.60 bits per heavy atom. The molecule has 0 saturated carbocycles. The van der Waals surface area contributed by atoms with Crippen molar-refractivity contribution in [3.05, 3.63) is 0 Å².